The molecule has 0 spiro atoms. The molecular weight excluding hydrogens is 324 g/mol. The summed E-state index contributed by atoms with van der Waals surface area (Å²) in [5.74, 6) is 0.823. The third-order valence-electron chi connectivity index (χ3n) is 4.17. The Balaban J connectivity index is 1.40. The molecule has 0 atom stereocenters. The molecule has 8 heteroatoms. The molecule has 7 nitrogen and oxygen atoms in total. The molecule has 1 aliphatic heterocycles. The van der Waals surface area contributed by atoms with Gasteiger partial charge in [0, 0.05) is 31.5 Å². The summed E-state index contributed by atoms with van der Waals surface area (Å²) in [4.78, 5) is 31.9. The van der Waals surface area contributed by atoms with Crippen molar-refractivity contribution in [3.05, 3.63) is 42.1 Å². The van der Waals surface area contributed by atoms with Gasteiger partial charge in [0.1, 0.15) is 22.7 Å². The van der Waals surface area contributed by atoms with E-state index >= 15 is 0 Å². The normalized spacial score (nSPS) is 15.6. The Morgan fingerprint density at radius 2 is 2.08 bits per heavy atom. The highest BCUT2D eigenvalue weighted by Gasteiger charge is 2.25. The average Bonchev–Trinajstić information content (AvgIpc) is 3.12. The van der Waals surface area contributed by atoms with Crippen molar-refractivity contribution in [1.82, 2.24) is 24.8 Å². The molecule has 4 heterocycles. The molecule has 24 heavy (non-hydrogen) atoms. The van der Waals surface area contributed by atoms with Crippen LogP contribution in [-0.2, 0) is 0 Å². The standard InChI is InChI=1S/C16H16N6OS/c23-16(13-9-17-4-5-18-13)22-6-1-11(2-7-22)21-14-12-3-8-24-15(12)20-10-19-14/h3-5,8-11H,1-2,6-7H2,(H,19,20,21). The van der Waals surface area contributed by atoms with Crippen LogP contribution < -0.4 is 5.32 Å². The van der Waals surface area contributed by atoms with E-state index < -0.39 is 0 Å². The van der Waals surface area contributed by atoms with Gasteiger partial charge in [-0.1, -0.05) is 0 Å². The van der Waals surface area contributed by atoms with Gasteiger partial charge in [-0.25, -0.2) is 15.0 Å². The predicted molar refractivity (Wildman–Crippen MR) is 92.0 cm³/mol. The number of carbonyl (C=O) groups excluding carboxylic acids is 1. The van der Waals surface area contributed by atoms with Crippen LogP contribution in [0.15, 0.2) is 36.4 Å². The fraction of sp³-hybridized carbons (Fsp3) is 0.312. The van der Waals surface area contributed by atoms with Crippen LogP contribution in [0.4, 0.5) is 5.82 Å². The zero-order chi connectivity index (χ0) is 16.4. The SMILES string of the molecule is O=C(c1cnccn1)N1CCC(Nc2ncnc3sccc23)CC1. The number of hydrogen-bond donors (Lipinski definition) is 1. The maximum absolute atomic E-state index is 12.4. The summed E-state index contributed by atoms with van der Waals surface area (Å²) >= 11 is 1.61. The molecule has 1 N–H and O–H groups in total. The first-order valence-corrected chi connectivity index (χ1v) is 8.69. The number of carbonyl (C=O) groups is 1. The molecule has 0 saturated carbocycles. The molecule has 1 fully saturated rings. The minimum atomic E-state index is -0.0520. The molecule has 3 aromatic rings. The highest BCUT2D eigenvalue weighted by Crippen LogP contribution is 2.25. The highest BCUT2D eigenvalue weighted by molar-refractivity contribution is 7.16. The Hall–Kier alpha value is -2.61. The number of fused-ring (bicyclic) bond motifs is 1. The Morgan fingerprint density at radius 1 is 1.21 bits per heavy atom. The van der Waals surface area contributed by atoms with Crippen molar-refractivity contribution < 1.29 is 4.79 Å². The topological polar surface area (TPSA) is 83.9 Å². The molecule has 122 valence electrons. The Bertz CT molecular complexity index is 844. The van der Waals surface area contributed by atoms with E-state index in [9.17, 15) is 4.79 Å². The van der Waals surface area contributed by atoms with Crippen molar-refractivity contribution in [1.29, 1.82) is 0 Å². The van der Waals surface area contributed by atoms with Crippen molar-refractivity contribution in [3.8, 4) is 0 Å². The Kier molecular flexibility index (Phi) is 4.04. The van der Waals surface area contributed by atoms with E-state index in [1.807, 2.05) is 16.3 Å². The van der Waals surface area contributed by atoms with Crippen LogP contribution in [0, 0.1) is 0 Å². The van der Waals surface area contributed by atoms with Gasteiger partial charge in [-0.05, 0) is 24.3 Å². The number of aromatic nitrogens is 4. The summed E-state index contributed by atoms with van der Waals surface area (Å²) in [6.07, 6.45) is 7.97. The third kappa shape index (κ3) is 2.92. The van der Waals surface area contributed by atoms with Crippen LogP contribution in [0.3, 0.4) is 0 Å². The molecule has 4 rings (SSSR count). The number of likely N-dealkylation sites (tertiary alicyclic amines) is 1. The lowest BCUT2D eigenvalue weighted by atomic mass is 10.0. The van der Waals surface area contributed by atoms with Crippen LogP contribution in [-0.4, -0.2) is 49.9 Å². The molecule has 0 aliphatic carbocycles. The summed E-state index contributed by atoms with van der Waals surface area (Å²) in [5, 5.41) is 6.58. The second-order valence-corrected chi connectivity index (χ2v) is 6.56. The van der Waals surface area contributed by atoms with E-state index in [2.05, 4.69) is 25.3 Å². The maximum Gasteiger partial charge on any atom is 0.274 e. The quantitative estimate of drug-likeness (QED) is 0.787. The average molecular weight is 340 g/mol. The van der Waals surface area contributed by atoms with E-state index in [1.54, 1.807) is 30.1 Å². The lowest BCUT2D eigenvalue weighted by molar-refractivity contribution is 0.0712. The first-order chi connectivity index (χ1) is 11.8. The van der Waals surface area contributed by atoms with Crippen LogP contribution >= 0.6 is 11.3 Å². The van der Waals surface area contributed by atoms with Gasteiger partial charge in [0.15, 0.2) is 0 Å². The van der Waals surface area contributed by atoms with E-state index in [0.717, 1.165) is 28.9 Å². The minimum absolute atomic E-state index is 0.0520. The van der Waals surface area contributed by atoms with E-state index in [1.165, 1.54) is 6.20 Å². The zero-order valence-electron chi connectivity index (χ0n) is 12.9. The Labute approximate surface area is 142 Å². The number of amides is 1. The summed E-state index contributed by atoms with van der Waals surface area (Å²) < 4.78 is 0. The molecular formula is C16H16N6OS. The number of nitrogens with zero attached hydrogens (tertiary/aromatic N) is 5. The summed E-state index contributed by atoms with van der Waals surface area (Å²) in [5.41, 5.74) is 0.402. The van der Waals surface area contributed by atoms with Crippen LogP contribution in [0.1, 0.15) is 23.3 Å². The highest BCUT2D eigenvalue weighted by atomic mass is 32.1. The van der Waals surface area contributed by atoms with Gasteiger partial charge >= 0.3 is 0 Å². The van der Waals surface area contributed by atoms with Gasteiger partial charge < -0.3 is 10.2 Å². The van der Waals surface area contributed by atoms with Gasteiger partial charge in [-0.3, -0.25) is 9.78 Å². The summed E-state index contributed by atoms with van der Waals surface area (Å²) in [6, 6.07) is 2.34. The number of hydrogen-bond acceptors (Lipinski definition) is 7. The second kappa shape index (κ2) is 6.48. The maximum atomic E-state index is 12.4. The first kappa shape index (κ1) is 14.9. The molecule has 0 radical (unpaired) electrons. The fourth-order valence-electron chi connectivity index (χ4n) is 2.90. The van der Waals surface area contributed by atoms with E-state index in [0.29, 0.717) is 24.8 Å². The monoisotopic (exact) mass is 340 g/mol. The van der Waals surface area contributed by atoms with Gasteiger partial charge in [0.2, 0.25) is 0 Å². The summed E-state index contributed by atoms with van der Waals surface area (Å²) in [6.45, 7) is 1.40. The van der Waals surface area contributed by atoms with Gasteiger partial charge in [0.25, 0.3) is 5.91 Å². The number of rotatable bonds is 3. The smallest absolute Gasteiger partial charge is 0.274 e. The molecule has 3 aromatic heterocycles. The van der Waals surface area contributed by atoms with Gasteiger partial charge in [-0.15, -0.1) is 11.3 Å². The Morgan fingerprint density at radius 3 is 2.88 bits per heavy atom. The lowest BCUT2D eigenvalue weighted by Gasteiger charge is -2.32. The van der Waals surface area contributed by atoms with Crippen LogP contribution in [0.2, 0.25) is 0 Å². The number of nitrogens with one attached hydrogen (secondary N) is 1. The molecule has 1 aliphatic rings. The van der Waals surface area contributed by atoms with Crippen molar-refractivity contribution >= 4 is 33.3 Å². The molecule has 0 aromatic carbocycles. The number of piperidine rings is 1. The van der Waals surface area contributed by atoms with Crippen molar-refractivity contribution in [2.75, 3.05) is 18.4 Å². The predicted octanol–water partition coefficient (Wildman–Crippen LogP) is 2.20. The van der Waals surface area contributed by atoms with E-state index in [-0.39, 0.29) is 5.91 Å². The van der Waals surface area contributed by atoms with Crippen LogP contribution in [0.25, 0.3) is 10.2 Å². The molecule has 1 amide bonds. The minimum Gasteiger partial charge on any atom is -0.367 e. The van der Waals surface area contributed by atoms with Gasteiger partial charge in [0.05, 0.1) is 11.6 Å². The largest absolute Gasteiger partial charge is 0.367 e. The second-order valence-electron chi connectivity index (χ2n) is 5.66. The van der Waals surface area contributed by atoms with Crippen molar-refractivity contribution in [2.24, 2.45) is 0 Å². The molecule has 0 unspecified atom stereocenters. The lowest BCUT2D eigenvalue weighted by Crippen LogP contribution is -2.42. The van der Waals surface area contributed by atoms with E-state index in [4.69, 9.17) is 0 Å². The van der Waals surface area contributed by atoms with Crippen molar-refractivity contribution in [2.45, 2.75) is 18.9 Å². The van der Waals surface area contributed by atoms with Crippen LogP contribution in [0.5, 0.6) is 0 Å². The molecule has 0 bridgehead atoms. The number of thiophene rings is 1. The first-order valence-electron chi connectivity index (χ1n) is 7.81. The van der Waals surface area contributed by atoms with Gasteiger partial charge in [-0.2, -0.15) is 0 Å². The molecule has 1 saturated heterocycles. The summed E-state index contributed by atoms with van der Waals surface area (Å²) in [7, 11) is 0. The number of anilines is 1. The zero-order valence-corrected chi connectivity index (χ0v) is 13.7. The van der Waals surface area contributed by atoms with Crippen molar-refractivity contribution in [3.63, 3.8) is 0 Å². The fourth-order valence-corrected chi connectivity index (χ4v) is 3.63. The third-order valence-corrected chi connectivity index (χ3v) is 4.99.